The van der Waals surface area contributed by atoms with Gasteiger partial charge in [0.05, 0.1) is 6.54 Å². The van der Waals surface area contributed by atoms with Crippen molar-refractivity contribution >= 4 is 5.91 Å². The lowest BCUT2D eigenvalue weighted by atomic mass is 10.2. The first-order valence-corrected chi connectivity index (χ1v) is 5.18. The van der Waals surface area contributed by atoms with Gasteiger partial charge in [0, 0.05) is 6.42 Å². The Morgan fingerprint density at radius 3 is 2.93 bits per heavy atom. The van der Waals surface area contributed by atoms with Crippen molar-refractivity contribution in [3.63, 3.8) is 0 Å². The predicted octanol–water partition coefficient (Wildman–Crippen LogP) is 1.90. The van der Waals surface area contributed by atoms with Gasteiger partial charge in [-0.3, -0.25) is 4.79 Å². The van der Waals surface area contributed by atoms with Gasteiger partial charge in [0.25, 0.3) is 0 Å². The highest BCUT2D eigenvalue weighted by molar-refractivity contribution is 5.75. The summed E-state index contributed by atoms with van der Waals surface area (Å²) in [4.78, 5) is 10.9. The predicted molar refractivity (Wildman–Crippen MR) is 60.0 cm³/mol. The summed E-state index contributed by atoms with van der Waals surface area (Å²) in [6, 6.07) is 7.86. The quantitative estimate of drug-likeness (QED) is 0.749. The Morgan fingerprint density at radius 2 is 2.27 bits per heavy atom. The summed E-state index contributed by atoms with van der Waals surface area (Å²) in [5.74, 6) is 0.906. The van der Waals surface area contributed by atoms with E-state index < -0.39 is 0 Å². The fourth-order valence-electron chi connectivity index (χ4n) is 1.19. The normalized spacial score (nSPS) is 9.73. The molecule has 1 N–H and O–H groups in total. The molecule has 15 heavy (non-hydrogen) atoms. The van der Waals surface area contributed by atoms with E-state index in [4.69, 9.17) is 4.74 Å². The maximum atomic E-state index is 10.9. The van der Waals surface area contributed by atoms with Crippen LogP contribution in [0.2, 0.25) is 0 Å². The minimum Gasteiger partial charge on any atom is -0.492 e. The molecule has 82 valence electrons. The van der Waals surface area contributed by atoms with Gasteiger partial charge in [-0.2, -0.15) is 0 Å². The van der Waals surface area contributed by atoms with Crippen molar-refractivity contribution in [1.82, 2.24) is 5.32 Å². The molecule has 0 fully saturated rings. The molecule has 3 nitrogen and oxygen atoms in total. The minimum atomic E-state index is 0.0582. The molecule has 0 spiro atoms. The average Bonchev–Trinajstić information content (AvgIpc) is 2.24. The van der Waals surface area contributed by atoms with Crippen LogP contribution in [0, 0.1) is 6.92 Å². The Kier molecular flexibility index (Phi) is 4.68. The Hall–Kier alpha value is -1.51. The van der Waals surface area contributed by atoms with E-state index in [9.17, 15) is 4.79 Å². The molecular weight excluding hydrogens is 190 g/mol. The smallest absolute Gasteiger partial charge is 0.219 e. The van der Waals surface area contributed by atoms with Gasteiger partial charge in [0.1, 0.15) is 12.4 Å². The van der Waals surface area contributed by atoms with Crippen molar-refractivity contribution in [2.75, 3.05) is 13.2 Å². The van der Waals surface area contributed by atoms with Crippen LogP contribution in [0.25, 0.3) is 0 Å². The SMILES string of the molecule is CCC(=O)NCCOc1cccc(C)c1. The van der Waals surface area contributed by atoms with Crippen molar-refractivity contribution in [2.24, 2.45) is 0 Å². The molecule has 0 aromatic heterocycles. The van der Waals surface area contributed by atoms with Crippen LogP contribution in [0.4, 0.5) is 0 Å². The lowest BCUT2D eigenvalue weighted by molar-refractivity contribution is -0.120. The van der Waals surface area contributed by atoms with Crippen LogP contribution < -0.4 is 10.1 Å². The number of nitrogens with one attached hydrogen (secondary N) is 1. The van der Waals surface area contributed by atoms with E-state index in [-0.39, 0.29) is 5.91 Å². The van der Waals surface area contributed by atoms with Crippen LogP contribution >= 0.6 is 0 Å². The number of carbonyl (C=O) groups excluding carboxylic acids is 1. The Bertz CT molecular complexity index is 323. The standard InChI is InChI=1S/C12H17NO2/c1-3-12(14)13-7-8-15-11-6-4-5-10(2)9-11/h4-6,9H,3,7-8H2,1-2H3,(H,13,14). The number of benzene rings is 1. The third-order valence-corrected chi connectivity index (χ3v) is 2.00. The minimum absolute atomic E-state index is 0.0582. The summed E-state index contributed by atoms with van der Waals surface area (Å²) < 4.78 is 5.47. The number of ether oxygens (including phenoxy) is 1. The van der Waals surface area contributed by atoms with Crippen LogP contribution in [0.3, 0.4) is 0 Å². The van der Waals surface area contributed by atoms with E-state index >= 15 is 0 Å². The molecule has 0 saturated carbocycles. The van der Waals surface area contributed by atoms with E-state index in [1.54, 1.807) is 0 Å². The van der Waals surface area contributed by atoms with Crippen LogP contribution in [0.1, 0.15) is 18.9 Å². The molecule has 1 aromatic rings. The molecular formula is C12H17NO2. The number of hydrogen-bond acceptors (Lipinski definition) is 2. The largest absolute Gasteiger partial charge is 0.492 e. The molecule has 1 rings (SSSR count). The summed E-state index contributed by atoms with van der Waals surface area (Å²) in [5, 5.41) is 2.75. The van der Waals surface area contributed by atoms with E-state index in [2.05, 4.69) is 5.32 Å². The van der Waals surface area contributed by atoms with Gasteiger partial charge in [0.2, 0.25) is 5.91 Å². The highest BCUT2D eigenvalue weighted by Gasteiger charge is 1.96. The second kappa shape index (κ2) is 6.06. The molecule has 0 aliphatic rings. The molecule has 0 aliphatic heterocycles. The third-order valence-electron chi connectivity index (χ3n) is 2.00. The zero-order valence-electron chi connectivity index (χ0n) is 9.25. The Balaban J connectivity index is 2.23. The number of carbonyl (C=O) groups is 1. The first-order valence-electron chi connectivity index (χ1n) is 5.18. The van der Waals surface area contributed by atoms with Gasteiger partial charge < -0.3 is 10.1 Å². The van der Waals surface area contributed by atoms with Gasteiger partial charge in [-0.25, -0.2) is 0 Å². The highest BCUT2D eigenvalue weighted by atomic mass is 16.5. The number of amides is 1. The third kappa shape index (κ3) is 4.49. The van der Waals surface area contributed by atoms with Crippen LogP contribution in [-0.2, 0) is 4.79 Å². The average molecular weight is 207 g/mol. The molecule has 1 amide bonds. The summed E-state index contributed by atoms with van der Waals surface area (Å²) in [6.07, 6.45) is 0.518. The second-order valence-electron chi connectivity index (χ2n) is 3.37. The maximum absolute atomic E-state index is 10.9. The lowest BCUT2D eigenvalue weighted by Crippen LogP contribution is -2.27. The van der Waals surface area contributed by atoms with Gasteiger partial charge in [-0.05, 0) is 24.6 Å². The molecule has 0 bridgehead atoms. The monoisotopic (exact) mass is 207 g/mol. The zero-order valence-corrected chi connectivity index (χ0v) is 9.25. The molecule has 0 atom stereocenters. The molecule has 0 heterocycles. The van der Waals surface area contributed by atoms with Crippen LogP contribution in [-0.4, -0.2) is 19.1 Å². The summed E-state index contributed by atoms with van der Waals surface area (Å²) in [7, 11) is 0. The number of rotatable bonds is 5. The molecule has 0 saturated heterocycles. The van der Waals surface area contributed by atoms with Crippen molar-refractivity contribution in [1.29, 1.82) is 0 Å². The highest BCUT2D eigenvalue weighted by Crippen LogP contribution is 2.11. The van der Waals surface area contributed by atoms with E-state index in [0.29, 0.717) is 19.6 Å². The molecule has 0 radical (unpaired) electrons. The first kappa shape index (κ1) is 11.6. The topological polar surface area (TPSA) is 38.3 Å². The Labute approximate surface area is 90.4 Å². The molecule has 0 unspecified atom stereocenters. The van der Waals surface area contributed by atoms with Crippen molar-refractivity contribution in [3.05, 3.63) is 29.8 Å². The summed E-state index contributed by atoms with van der Waals surface area (Å²) >= 11 is 0. The first-order chi connectivity index (χ1) is 7.22. The van der Waals surface area contributed by atoms with Crippen molar-refractivity contribution in [2.45, 2.75) is 20.3 Å². The molecule has 3 heteroatoms. The second-order valence-corrected chi connectivity index (χ2v) is 3.37. The van der Waals surface area contributed by atoms with Crippen molar-refractivity contribution in [3.8, 4) is 5.75 Å². The van der Waals surface area contributed by atoms with Gasteiger partial charge >= 0.3 is 0 Å². The zero-order chi connectivity index (χ0) is 11.1. The summed E-state index contributed by atoms with van der Waals surface area (Å²) in [6.45, 7) is 4.91. The van der Waals surface area contributed by atoms with Crippen LogP contribution in [0.5, 0.6) is 5.75 Å². The fraction of sp³-hybridized carbons (Fsp3) is 0.417. The number of aryl methyl sites for hydroxylation is 1. The maximum Gasteiger partial charge on any atom is 0.219 e. The van der Waals surface area contributed by atoms with E-state index in [0.717, 1.165) is 5.75 Å². The van der Waals surface area contributed by atoms with Gasteiger partial charge in [-0.1, -0.05) is 19.1 Å². The van der Waals surface area contributed by atoms with Gasteiger partial charge in [-0.15, -0.1) is 0 Å². The van der Waals surface area contributed by atoms with Crippen LogP contribution in [0.15, 0.2) is 24.3 Å². The number of hydrogen-bond donors (Lipinski definition) is 1. The van der Waals surface area contributed by atoms with Crippen molar-refractivity contribution < 1.29 is 9.53 Å². The lowest BCUT2D eigenvalue weighted by Gasteiger charge is -2.07. The fourth-order valence-corrected chi connectivity index (χ4v) is 1.19. The van der Waals surface area contributed by atoms with E-state index in [1.165, 1.54) is 5.56 Å². The summed E-state index contributed by atoms with van der Waals surface area (Å²) in [5.41, 5.74) is 1.17. The Morgan fingerprint density at radius 1 is 1.47 bits per heavy atom. The van der Waals surface area contributed by atoms with E-state index in [1.807, 2.05) is 38.1 Å². The molecule has 0 aliphatic carbocycles. The molecule has 1 aromatic carbocycles. The van der Waals surface area contributed by atoms with Gasteiger partial charge in [0.15, 0.2) is 0 Å².